The zero-order chi connectivity index (χ0) is 29.1. The van der Waals surface area contributed by atoms with Crippen LogP contribution in [0.1, 0.15) is 41.3 Å². The van der Waals surface area contributed by atoms with Gasteiger partial charge in [0.1, 0.15) is 28.6 Å². The molecular formula is C28H24FN3O8. The summed E-state index contributed by atoms with van der Waals surface area (Å²) in [6, 6.07) is 7.02. The summed E-state index contributed by atoms with van der Waals surface area (Å²) in [5.41, 5.74) is 2.03. The number of nitrogens with two attached hydrogens (primary N) is 1. The lowest BCUT2D eigenvalue weighted by molar-refractivity contribution is -0.126. The van der Waals surface area contributed by atoms with Gasteiger partial charge < -0.3 is 26.4 Å². The van der Waals surface area contributed by atoms with Gasteiger partial charge in [-0.2, -0.15) is 0 Å². The second kappa shape index (κ2) is 9.49. The first-order valence-electron chi connectivity index (χ1n) is 12.4. The third kappa shape index (κ3) is 3.90. The molecule has 12 heteroatoms. The maximum Gasteiger partial charge on any atom is 0.255 e. The monoisotopic (exact) mass is 549 g/mol. The van der Waals surface area contributed by atoms with Crippen molar-refractivity contribution in [2.75, 3.05) is 0 Å². The number of phenols is 1. The van der Waals surface area contributed by atoms with Crippen molar-refractivity contribution in [3.05, 3.63) is 80.3 Å². The van der Waals surface area contributed by atoms with Crippen molar-refractivity contribution in [2.24, 2.45) is 22.7 Å². The number of amides is 2. The summed E-state index contributed by atoms with van der Waals surface area (Å²) in [6.45, 7) is 1.12. The number of nitrogens with one attached hydrogen (secondary N) is 1. The molecule has 3 atom stereocenters. The van der Waals surface area contributed by atoms with Crippen LogP contribution in [0.4, 0.5) is 4.39 Å². The van der Waals surface area contributed by atoms with E-state index in [2.05, 4.69) is 10.5 Å². The van der Waals surface area contributed by atoms with E-state index < -0.39 is 75.8 Å². The van der Waals surface area contributed by atoms with Crippen molar-refractivity contribution < 1.29 is 38.9 Å². The van der Waals surface area contributed by atoms with Gasteiger partial charge in [0.05, 0.1) is 5.56 Å². The molecule has 2 aromatic rings. The summed E-state index contributed by atoms with van der Waals surface area (Å²) >= 11 is 0. The predicted molar refractivity (Wildman–Crippen MR) is 137 cm³/mol. The van der Waals surface area contributed by atoms with E-state index in [0.29, 0.717) is 16.7 Å². The van der Waals surface area contributed by atoms with Crippen LogP contribution in [0.5, 0.6) is 5.75 Å². The second-order valence-corrected chi connectivity index (χ2v) is 10.2. The number of aliphatic hydroxyl groups is 2. The van der Waals surface area contributed by atoms with Crippen LogP contribution >= 0.6 is 0 Å². The highest BCUT2D eigenvalue weighted by Crippen LogP contribution is 2.54. The molecule has 0 spiro atoms. The maximum absolute atomic E-state index is 14.0. The van der Waals surface area contributed by atoms with Crippen LogP contribution in [0, 0.1) is 22.6 Å². The number of nitroso groups, excluding NO2 is 1. The second-order valence-electron chi connectivity index (χ2n) is 10.2. The average Bonchev–Trinajstić information content (AvgIpc) is 2.88. The van der Waals surface area contributed by atoms with Gasteiger partial charge in [-0.3, -0.25) is 19.2 Å². The Morgan fingerprint density at radius 2 is 1.85 bits per heavy atom. The molecule has 5 rings (SSSR count). The Morgan fingerprint density at radius 3 is 2.45 bits per heavy atom. The SMILES string of the molecule is CC(=O)NCc1cc(-c2ccc(F)cc2)c2c(c1O)C(=O)C1=C(N=O)[C@]3(O)C(O)=C(C(N)=O)C(=O)C[C@@H]3C[C@@H]1C2. The highest BCUT2D eigenvalue weighted by Gasteiger charge is 2.59. The molecule has 0 saturated heterocycles. The van der Waals surface area contributed by atoms with Crippen LogP contribution < -0.4 is 11.1 Å². The minimum atomic E-state index is -2.62. The molecule has 3 aliphatic carbocycles. The average molecular weight is 550 g/mol. The number of benzene rings is 2. The van der Waals surface area contributed by atoms with Gasteiger partial charge in [0.2, 0.25) is 5.91 Å². The van der Waals surface area contributed by atoms with Crippen molar-refractivity contribution >= 4 is 23.4 Å². The Hall–Kier alpha value is -4.71. The number of carbonyl (C=O) groups is 4. The van der Waals surface area contributed by atoms with Crippen LogP contribution in [0.2, 0.25) is 0 Å². The highest BCUT2D eigenvalue weighted by atomic mass is 19.1. The standard InChI is InChI=1S/C28H24FN3O8/c1-11(33)31-10-14-8-17(12-2-4-16(29)5-3-12)18-7-13-6-15-9-19(34)22(27(30)38)26(37)28(15,39)25(32-40)20(13)24(36)21(18)23(14)35/h2-5,8,13,15,35,37,39H,6-7,9-10H2,1H3,(H2,30,38)(H,31,33)/t13-,15+,28+/m1/s1. The molecule has 3 aliphatic rings. The molecule has 0 heterocycles. The number of primary amides is 1. The number of aliphatic hydroxyl groups excluding tert-OH is 1. The number of fused-ring (bicyclic) bond motifs is 3. The molecule has 0 aromatic heterocycles. The van der Waals surface area contributed by atoms with Gasteiger partial charge in [-0.25, -0.2) is 4.39 Å². The Morgan fingerprint density at radius 1 is 1.18 bits per heavy atom. The van der Waals surface area contributed by atoms with Crippen molar-refractivity contribution in [1.29, 1.82) is 0 Å². The molecule has 0 fully saturated rings. The normalized spacial score (nSPS) is 23.8. The molecule has 2 aromatic carbocycles. The van der Waals surface area contributed by atoms with Gasteiger partial charge in [-0.1, -0.05) is 12.1 Å². The number of aromatic hydroxyl groups is 1. The van der Waals surface area contributed by atoms with E-state index in [1.54, 1.807) is 6.07 Å². The molecule has 0 bridgehead atoms. The first-order valence-corrected chi connectivity index (χ1v) is 12.4. The zero-order valence-electron chi connectivity index (χ0n) is 21.2. The summed E-state index contributed by atoms with van der Waals surface area (Å²) < 4.78 is 13.7. The minimum absolute atomic E-state index is 0.0465. The highest BCUT2D eigenvalue weighted by molar-refractivity contribution is 6.20. The third-order valence-corrected chi connectivity index (χ3v) is 7.92. The van der Waals surface area contributed by atoms with Crippen molar-refractivity contribution in [2.45, 2.75) is 38.3 Å². The van der Waals surface area contributed by atoms with Gasteiger partial charge in [0.25, 0.3) is 5.91 Å². The number of allylic oxidation sites excluding steroid dienone is 1. The number of Topliss-reactive ketones (excluding diaryl/α,β-unsaturated/α-hetero) is 2. The topological polar surface area (TPSA) is 196 Å². The fourth-order valence-corrected chi connectivity index (χ4v) is 6.11. The van der Waals surface area contributed by atoms with E-state index in [0.717, 1.165) is 0 Å². The summed E-state index contributed by atoms with van der Waals surface area (Å²) in [5, 5.41) is 39.0. The summed E-state index contributed by atoms with van der Waals surface area (Å²) in [4.78, 5) is 62.3. The van der Waals surface area contributed by atoms with Gasteiger partial charge in [-0.05, 0) is 58.8 Å². The molecule has 0 saturated carbocycles. The molecule has 0 aliphatic heterocycles. The number of phenolic OH excluding ortho intramolecular Hbond substituents is 1. The van der Waals surface area contributed by atoms with Crippen molar-refractivity contribution in [3.63, 3.8) is 0 Å². The first-order chi connectivity index (χ1) is 18.9. The van der Waals surface area contributed by atoms with E-state index in [9.17, 15) is 43.8 Å². The third-order valence-electron chi connectivity index (χ3n) is 7.92. The van der Waals surface area contributed by atoms with Crippen LogP contribution in [-0.4, -0.2) is 44.3 Å². The molecule has 6 N–H and O–H groups in total. The van der Waals surface area contributed by atoms with Crippen molar-refractivity contribution in [3.8, 4) is 16.9 Å². The van der Waals surface area contributed by atoms with Gasteiger partial charge in [0.15, 0.2) is 17.2 Å². The largest absolute Gasteiger partial charge is 0.508 e. The quantitative estimate of drug-likeness (QED) is 0.276. The lowest BCUT2D eigenvalue weighted by Gasteiger charge is -2.46. The van der Waals surface area contributed by atoms with Crippen LogP contribution in [0.15, 0.2) is 58.1 Å². The fourth-order valence-electron chi connectivity index (χ4n) is 6.11. The molecule has 2 amide bonds. The Balaban J connectivity index is 1.77. The summed E-state index contributed by atoms with van der Waals surface area (Å²) in [6.07, 6.45) is -0.423. The number of nitrogens with zero attached hydrogens (tertiary/aromatic N) is 1. The number of halogens is 1. The van der Waals surface area contributed by atoms with E-state index in [-0.39, 0.29) is 36.1 Å². The molecule has 0 unspecified atom stereocenters. The van der Waals surface area contributed by atoms with E-state index in [1.807, 2.05) is 0 Å². The lowest BCUT2D eigenvalue weighted by atomic mass is 9.60. The van der Waals surface area contributed by atoms with E-state index in [1.165, 1.54) is 31.2 Å². The predicted octanol–water partition coefficient (Wildman–Crippen LogP) is 2.23. The smallest absolute Gasteiger partial charge is 0.255 e. The number of ketones is 2. The lowest BCUT2D eigenvalue weighted by Crippen LogP contribution is -2.53. The molecule has 0 radical (unpaired) electrons. The Kier molecular flexibility index (Phi) is 6.38. The summed E-state index contributed by atoms with van der Waals surface area (Å²) in [7, 11) is 0. The van der Waals surface area contributed by atoms with Gasteiger partial charge in [0, 0.05) is 36.9 Å². The van der Waals surface area contributed by atoms with Crippen LogP contribution in [-0.2, 0) is 27.3 Å². The number of carbonyl (C=O) groups excluding carboxylic acids is 4. The maximum atomic E-state index is 14.0. The molecule has 11 nitrogen and oxygen atoms in total. The van der Waals surface area contributed by atoms with E-state index >= 15 is 0 Å². The van der Waals surface area contributed by atoms with Crippen LogP contribution in [0.25, 0.3) is 11.1 Å². The van der Waals surface area contributed by atoms with E-state index in [4.69, 9.17) is 5.73 Å². The first kappa shape index (κ1) is 26.9. The molecule has 40 heavy (non-hydrogen) atoms. The summed E-state index contributed by atoms with van der Waals surface area (Å²) in [5.74, 6) is -7.34. The van der Waals surface area contributed by atoms with Crippen LogP contribution in [0.3, 0.4) is 0 Å². The van der Waals surface area contributed by atoms with Crippen molar-refractivity contribution in [1.82, 2.24) is 5.32 Å². The zero-order valence-corrected chi connectivity index (χ0v) is 21.2. The number of rotatable bonds is 5. The minimum Gasteiger partial charge on any atom is -0.508 e. The number of hydrogen-bond donors (Lipinski definition) is 5. The molecular weight excluding hydrogens is 525 g/mol. The van der Waals surface area contributed by atoms with Gasteiger partial charge in [-0.15, -0.1) is 4.91 Å². The van der Waals surface area contributed by atoms with Gasteiger partial charge >= 0.3 is 0 Å². The Labute approximate surface area is 226 Å². The number of hydrogen-bond acceptors (Lipinski definition) is 9. The molecule has 206 valence electrons. The Bertz CT molecular complexity index is 1590. The fraction of sp³-hybridized carbons (Fsp3) is 0.286.